The molecule has 0 aromatic rings. The summed E-state index contributed by atoms with van der Waals surface area (Å²) in [5.74, 6) is 0.525. The largest absolute Gasteiger partial charge is 0.296 e. The molecule has 4 nitrogen and oxygen atoms in total. The molecule has 2 aliphatic heterocycles. The Balaban J connectivity index is 1.95. The third-order valence-electron chi connectivity index (χ3n) is 7.91. The molecule has 2 amide bonds. The van der Waals surface area contributed by atoms with Crippen molar-refractivity contribution < 1.29 is 9.59 Å². The second-order valence-corrected chi connectivity index (χ2v) is 11.2. The van der Waals surface area contributed by atoms with E-state index in [0.29, 0.717) is 18.8 Å². The number of carbonyl (C=O) groups is 2. The van der Waals surface area contributed by atoms with Crippen molar-refractivity contribution in [3.63, 3.8) is 0 Å². The summed E-state index contributed by atoms with van der Waals surface area (Å²) in [4.78, 5) is 29.4. The van der Waals surface area contributed by atoms with Gasteiger partial charge in [0.1, 0.15) is 0 Å². The van der Waals surface area contributed by atoms with E-state index in [1.54, 1.807) is 4.90 Å². The molecule has 0 bridgehead atoms. The number of unbranched alkanes of at least 4 members (excludes halogenated alkanes) is 8. The molecule has 0 aromatic carbocycles. The average molecular weight is 421 g/mol. The van der Waals surface area contributed by atoms with E-state index in [-0.39, 0.29) is 28.9 Å². The molecular formula is C26H48N2O2. The van der Waals surface area contributed by atoms with E-state index in [4.69, 9.17) is 0 Å². The summed E-state index contributed by atoms with van der Waals surface area (Å²) in [5.41, 5.74) is 0.157. The number of rotatable bonds is 12. The van der Waals surface area contributed by atoms with E-state index in [0.717, 1.165) is 25.7 Å². The molecule has 30 heavy (non-hydrogen) atoms. The first-order valence-electron chi connectivity index (χ1n) is 12.7. The maximum absolute atomic E-state index is 12.6. The summed E-state index contributed by atoms with van der Waals surface area (Å²) >= 11 is 0. The molecule has 2 saturated heterocycles. The molecule has 0 saturated carbocycles. The van der Waals surface area contributed by atoms with Crippen LogP contribution in [0.5, 0.6) is 0 Å². The van der Waals surface area contributed by atoms with Crippen LogP contribution in [-0.4, -0.2) is 45.8 Å². The minimum atomic E-state index is 0.0652. The number of likely N-dealkylation sites (tertiary alicyclic amines) is 2. The summed E-state index contributed by atoms with van der Waals surface area (Å²) in [7, 11) is 2.22. The highest BCUT2D eigenvalue weighted by Crippen LogP contribution is 2.44. The van der Waals surface area contributed by atoms with Crippen molar-refractivity contribution in [3.8, 4) is 0 Å². The van der Waals surface area contributed by atoms with Crippen molar-refractivity contribution >= 4 is 11.8 Å². The minimum absolute atomic E-state index is 0.0652. The Bertz CT molecular complexity index is 535. The van der Waals surface area contributed by atoms with Gasteiger partial charge in [0.25, 0.3) is 0 Å². The maximum atomic E-state index is 12.6. The van der Waals surface area contributed by atoms with E-state index in [1.165, 1.54) is 51.4 Å². The van der Waals surface area contributed by atoms with Gasteiger partial charge in [0, 0.05) is 30.0 Å². The molecule has 1 atom stereocenters. The molecular weight excluding hydrogens is 372 g/mol. The third-order valence-corrected chi connectivity index (χ3v) is 7.91. The van der Waals surface area contributed by atoms with Gasteiger partial charge in [0.05, 0.1) is 0 Å². The van der Waals surface area contributed by atoms with E-state index in [2.05, 4.69) is 46.6 Å². The zero-order valence-electron chi connectivity index (χ0n) is 20.8. The lowest BCUT2D eigenvalue weighted by molar-refractivity contribution is -0.145. The normalized spacial score (nSPS) is 23.3. The summed E-state index contributed by atoms with van der Waals surface area (Å²) in [6, 6.07) is 0.0873. The van der Waals surface area contributed by atoms with Gasteiger partial charge >= 0.3 is 0 Å². The highest BCUT2D eigenvalue weighted by atomic mass is 16.2. The average Bonchev–Trinajstić information content (AvgIpc) is 2.99. The first-order valence-corrected chi connectivity index (χ1v) is 12.7. The SMILES string of the molecule is CCCCCCCCCCCC(C1CC(C)(C)N(C)C(C)(C)C1)N1C(=O)CCC1=O. The molecule has 2 heterocycles. The second kappa shape index (κ2) is 11.1. The van der Waals surface area contributed by atoms with Crippen LogP contribution in [0.15, 0.2) is 0 Å². The monoisotopic (exact) mass is 420 g/mol. The first kappa shape index (κ1) is 25.4. The number of hydrogen-bond acceptors (Lipinski definition) is 3. The Kier molecular flexibility index (Phi) is 9.39. The summed E-state index contributed by atoms with van der Waals surface area (Å²) in [5, 5.41) is 0. The van der Waals surface area contributed by atoms with E-state index in [1.807, 2.05) is 0 Å². The second-order valence-electron chi connectivity index (χ2n) is 11.2. The van der Waals surface area contributed by atoms with Crippen LogP contribution in [0, 0.1) is 5.92 Å². The van der Waals surface area contributed by atoms with Gasteiger partial charge in [-0.05, 0) is 59.9 Å². The van der Waals surface area contributed by atoms with E-state index < -0.39 is 0 Å². The van der Waals surface area contributed by atoms with Gasteiger partial charge in [0.15, 0.2) is 0 Å². The van der Waals surface area contributed by atoms with E-state index >= 15 is 0 Å². The van der Waals surface area contributed by atoms with Crippen LogP contribution in [0.25, 0.3) is 0 Å². The van der Waals surface area contributed by atoms with Gasteiger partial charge in [-0.25, -0.2) is 0 Å². The van der Waals surface area contributed by atoms with Gasteiger partial charge < -0.3 is 0 Å². The quantitative estimate of drug-likeness (QED) is 0.274. The zero-order chi connectivity index (χ0) is 22.4. The molecule has 0 aliphatic carbocycles. The molecule has 0 N–H and O–H groups in total. The summed E-state index contributed by atoms with van der Waals surface area (Å²) in [6.07, 6.45) is 15.6. The van der Waals surface area contributed by atoms with Crippen LogP contribution < -0.4 is 0 Å². The van der Waals surface area contributed by atoms with Crippen molar-refractivity contribution in [3.05, 3.63) is 0 Å². The molecule has 4 heteroatoms. The molecule has 0 spiro atoms. The molecule has 0 radical (unpaired) electrons. The van der Waals surface area contributed by atoms with Crippen molar-refractivity contribution in [1.82, 2.24) is 9.80 Å². The highest BCUT2D eigenvalue weighted by molar-refractivity contribution is 6.02. The minimum Gasteiger partial charge on any atom is -0.296 e. The third kappa shape index (κ3) is 6.55. The van der Waals surface area contributed by atoms with Crippen LogP contribution in [0.1, 0.15) is 125 Å². The number of imide groups is 1. The summed E-state index contributed by atoms with van der Waals surface area (Å²) in [6.45, 7) is 11.5. The number of piperidine rings is 1. The lowest BCUT2D eigenvalue weighted by Gasteiger charge is -2.55. The standard InChI is InChI=1S/C26H48N2O2/c1-7-8-9-10-11-12-13-14-15-16-22(28-23(29)17-18-24(28)30)21-19-25(2,3)27(6)26(4,5)20-21/h21-22H,7-20H2,1-6H3. The molecule has 2 fully saturated rings. The van der Waals surface area contributed by atoms with Gasteiger partial charge in [-0.15, -0.1) is 0 Å². The van der Waals surface area contributed by atoms with Crippen LogP contribution in [-0.2, 0) is 9.59 Å². The van der Waals surface area contributed by atoms with Gasteiger partial charge in [0.2, 0.25) is 11.8 Å². The van der Waals surface area contributed by atoms with Crippen molar-refractivity contribution in [1.29, 1.82) is 0 Å². The Morgan fingerprint density at radius 1 is 0.800 bits per heavy atom. The molecule has 1 unspecified atom stereocenters. The van der Waals surface area contributed by atoms with Crippen molar-refractivity contribution in [2.24, 2.45) is 5.92 Å². The Morgan fingerprint density at radius 2 is 1.23 bits per heavy atom. The van der Waals surface area contributed by atoms with Crippen LogP contribution in [0.4, 0.5) is 0 Å². The van der Waals surface area contributed by atoms with Crippen LogP contribution in [0.3, 0.4) is 0 Å². The fourth-order valence-electron chi connectivity index (χ4n) is 5.92. The smallest absolute Gasteiger partial charge is 0.229 e. The van der Waals surface area contributed by atoms with Crippen molar-refractivity contribution in [2.75, 3.05) is 7.05 Å². The predicted octanol–water partition coefficient (Wildman–Crippen LogP) is 6.32. The lowest BCUT2D eigenvalue weighted by Crippen LogP contribution is -2.61. The highest BCUT2D eigenvalue weighted by Gasteiger charge is 2.48. The Labute approximate surface area is 186 Å². The zero-order valence-corrected chi connectivity index (χ0v) is 20.8. The lowest BCUT2D eigenvalue weighted by atomic mass is 9.70. The van der Waals surface area contributed by atoms with Crippen LogP contribution >= 0.6 is 0 Å². The molecule has 2 rings (SSSR count). The first-order chi connectivity index (χ1) is 14.1. The van der Waals surface area contributed by atoms with Crippen LogP contribution in [0.2, 0.25) is 0 Å². The fourth-order valence-corrected chi connectivity index (χ4v) is 5.92. The molecule has 2 aliphatic rings. The maximum Gasteiger partial charge on any atom is 0.229 e. The topological polar surface area (TPSA) is 40.6 Å². The van der Waals surface area contributed by atoms with Gasteiger partial charge in [-0.3, -0.25) is 19.4 Å². The van der Waals surface area contributed by atoms with E-state index in [9.17, 15) is 9.59 Å². The Hall–Kier alpha value is -0.900. The summed E-state index contributed by atoms with van der Waals surface area (Å²) < 4.78 is 0. The number of nitrogens with zero attached hydrogens (tertiary/aromatic N) is 2. The number of carbonyl (C=O) groups excluding carboxylic acids is 2. The fraction of sp³-hybridized carbons (Fsp3) is 0.923. The van der Waals surface area contributed by atoms with Crippen molar-refractivity contribution in [2.45, 2.75) is 142 Å². The van der Waals surface area contributed by atoms with Gasteiger partial charge in [-0.1, -0.05) is 64.7 Å². The molecule has 174 valence electrons. The number of amides is 2. The predicted molar refractivity (Wildman–Crippen MR) is 125 cm³/mol. The van der Waals surface area contributed by atoms with Gasteiger partial charge in [-0.2, -0.15) is 0 Å². The number of hydrogen-bond donors (Lipinski definition) is 0. The molecule has 0 aromatic heterocycles. The Morgan fingerprint density at radius 3 is 1.70 bits per heavy atom.